The fraction of sp³-hybridized carbons (Fsp3) is 0.111. The average Bonchev–Trinajstić information content (AvgIpc) is 3.50. The molecular weight excluding hydrogens is 593 g/mol. The van der Waals surface area contributed by atoms with E-state index in [1.807, 2.05) is 6.07 Å². The summed E-state index contributed by atoms with van der Waals surface area (Å²) in [5.41, 5.74) is 1.42. The lowest BCUT2D eigenvalue weighted by atomic mass is 9.95. The molecule has 1 aliphatic rings. The molecule has 1 fully saturated rings. The van der Waals surface area contributed by atoms with Crippen LogP contribution in [0.4, 0.5) is 9.52 Å². The molecule has 5 rings (SSSR count). The Morgan fingerprint density at radius 1 is 1.11 bits per heavy atom. The number of aliphatic hydroxyl groups excluding tert-OH is 1. The molecule has 1 atom stereocenters. The van der Waals surface area contributed by atoms with Crippen LogP contribution < -0.4 is 9.64 Å². The van der Waals surface area contributed by atoms with Gasteiger partial charge in [0.15, 0.2) is 4.34 Å². The maximum Gasteiger partial charge on any atom is 0.301 e. The van der Waals surface area contributed by atoms with Crippen LogP contribution in [-0.2, 0) is 15.3 Å². The Kier molecular flexibility index (Phi) is 7.59. The molecule has 0 radical (unpaired) electrons. The third kappa shape index (κ3) is 5.09. The van der Waals surface area contributed by atoms with Crippen LogP contribution in [0.25, 0.3) is 5.76 Å². The molecule has 11 heteroatoms. The van der Waals surface area contributed by atoms with Gasteiger partial charge in [-0.2, -0.15) is 0 Å². The van der Waals surface area contributed by atoms with E-state index in [-0.39, 0.29) is 22.3 Å². The van der Waals surface area contributed by atoms with Gasteiger partial charge in [-0.05, 0) is 53.6 Å². The summed E-state index contributed by atoms with van der Waals surface area (Å²) in [6.07, 6.45) is 0. The number of methoxy groups -OCH3 is 1. The van der Waals surface area contributed by atoms with Crippen LogP contribution in [0.15, 0.2) is 87.2 Å². The summed E-state index contributed by atoms with van der Waals surface area (Å²) in [6, 6.07) is 19.2. The standard InChI is InChI=1S/C27H19BrFN3O4S2/c1-36-19-11-9-15(10-12-19)23(33)21-22(16-6-4-7-18(28)13-16)32(25(35)24(21)34)26-30-31-27(38-26)37-14-17-5-2-3-8-20(17)29/h2-13,22,33H,14H2,1H3/b23-21-. The third-order valence-electron chi connectivity index (χ3n) is 5.88. The molecule has 2 heterocycles. The zero-order valence-corrected chi connectivity index (χ0v) is 23.0. The molecular formula is C27H19BrFN3O4S2. The molecule has 38 heavy (non-hydrogen) atoms. The van der Waals surface area contributed by atoms with Crippen molar-refractivity contribution >= 4 is 61.6 Å². The van der Waals surface area contributed by atoms with E-state index in [1.165, 1.54) is 29.8 Å². The average molecular weight is 613 g/mol. The first-order valence-electron chi connectivity index (χ1n) is 11.3. The van der Waals surface area contributed by atoms with Crippen molar-refractivity contribution in [3.63, 3.8) is 0 Å². The number of aromatic nitrogens is 2. The predicted molar refractivity (Wildman–Crippen MR) is 148 cm³/mol. The normalized spacial score (nSPS) is 16.7. The summed E-state index contributed by atoms with van der Waals surface area (Å²) < 4.78 is 20.5. The van der Waals surface area contributed by atoms with Gasteiger partial charge in [0.1, 0.15) is 17.3 Å². The number of hydrogen-bond acceptors (Lipinski definition) is 8. The number of hydrogen-bond donors (Lipinski definition) is 1. The summed E-state index contributed by atoms with van der Waals surface area (Å²) in [5.74, 6) is -1.38. The molecule has 1 amide bonds. The van der Waals surface area contributed by atoms with Crippen molar-refractivity contribution in [3.8, 4) is 5.75 Å². The molecule has 0 spiro atoms. The largest absolute Gasteiger partial charge is 0.507 e. The van der Waals surface area contributed by atoms with Crippen LogP contribution in [0.1, 0.15) is 22.7 Å². The first-order chi connectivity index (χ1) is 18.4. The van der Waals surface area contributed by atoms with E-state index in [0.717, 1.165) is 15.8 Å². The van der Waals surface area contributed by atoms with Crippen molar-refractivity contribution in [2.75, 3.05) is 12.0 Å². The van der Waals surface area contributed by atoms with Crippen LogP contribution in [0.3, 0.4) is 0 Å². The van der Waals surface area contributed by atoms with E-state index in [0.29, 0.717) is 32.5 Å². The Morgan fingerprint density at radius 3 is 2.58 bits per heavy atom. The Morgan fingerprint density at radius 2 is 1.87 bits per heavy atom. The monoisotopic (exact) mass is 611 g/mol. The lowest BCUT2D eigenvalue weighted by Gasteiger charge is -2.22. The van der Waals surface area contributed by atoms with Gasteiger partial charge in [-0.25, -0.2) is 4.39 Å². The number of amides is 1. The third-order valence-corrected chi connectivity index (χ3v) is 8.48. The quantitative estimate of drug-likeness (QED) is 0.0853. The van der Waals surface area contributed by atoms with E-state index in [4.69, 9.17) is 4.74 Å². The highest BCUT2D eigenvalue weighted by atomic mass is 79.9. The second-order valence-electron chi connectivity index (χ2n) is 8.18. The summed E-state index contributed by atoms with van der Waals surface area (Å²) >= 11 is 5.84. The van der Waals surface area contributed by atoms with Gasteiger partial charge >= 0.3 is 5.91 Å². The Balaban J connectivity index is 1.54. The van der Waals surface area contributed by atoms with Crippen molar-refractivity contribution in [1.29, 1.82) is 0 Å². The van der Waals surface area contributed by atoms with Gasteiger partial charge in [0.2, 0.25) is 5.13 Å². The highest BCUT2D eigenvalue weighted by Gasteiger charge is 2.48. The van der Waals surface area contributed by atoms with Crippen molar-refractivity contribution in [3.05, 3.63) is 105 Å². The minimum absolute atomic E-state index is 0.0611. The van der Waals surface area contributed by atoms with E-state index in [9.17, 15) is 19.1 Å². The second kappa shape index (κ2) is 11.1. The molecule has 0 saturated carbocycles. The number of anilines is 1. The number of halogens is 2. The first-order valence-corrected chi connectivity index (χ1v) is 13.9. The van der Waals surface area contributed by atoms with Gasteiger partial charge < -0.3 is 9.84 Å². The molecule has 7 nitrogen and oxygen atoms in total. The SMILES string of the molecule is COc1ccc(/C(O)=C2/C(=O)C(=O)N(c3nnc(SCc4ccccc4F)s3)C2c2cccc(Br)c2)cc1. The van der Waals surface area contributed by atoms with Gasteiger partial charge in [-0.15, -0.1) is 10.2 Å². The highest BCUT2D eigenvalue weighted by Crippen LogP contribution is 2.44. The summed E-state index contributed by atoms with van der Waals surface area (Å²) in [4.78, 5) is 27.9. The number of benzene rings is 3. The van der Waals surface area contributed by atoms with E-state index >= 15 is 0 Å². The summed E-state index contributed by atoms with van der Waals surface area (Å²) in [7, 11) is 1.53. The number of carbonyl (C=O) groups excluding carboxylic acids is 2. The molecule has 1 aliphatic heterocycles. The van der Waals surface area contributed by atoms with E-state index < -0.39 is 17.7 Å². The van der Waals surface area contributed by atoms with Crippen LogP contribution in [0.5, 0.6) is 5.75 Å². The van der Waals surface area contributed by atoms with Crippen molar-refractivity contribution < 1.29 is 23.8 Å². The maximum absolute atomic E-state index is 14.0. The Bertz CT molecular complexity index is 1560. The molecule has 1 N–H and O–H groups in total. The predicted octanol–water partition coefficient (Wildman–Crippen LogP) is 6.37. The van der Waals surface area contributed by atoms with Crippen molar-refractivity contribution in [2.45, 2.75) is 16.1 Å². The number of nitrogens with zero attached hydrogens (tertiary/aromatic N) is 3. The highest BCUT2D eigenvalue weighted by molar-refractivity contribution is 9.10. The number of Topliss-reactive ketones (excluding diaryl/α,β-unsaturated/α-hetero) is 1. The van der Waals surface area contributed by atoms with Gasteiger partial charge in [-0.3, -0.25) is 14.5 Å². The molecule has 0 bridgehead atoms. The number of ketones is 1. The molecule has 1 unspecified atom stereocenters. The number of rotatable bonds is 7. The van der Waals surface area contributed by atoms with Crippen LogP contribution in [0.2, 0.25) is 0 Å². The minimum Gasteiger partial charge on any atom is -0.507 e. The molecule has 4 aromatic rings. The second-order valence-corrected chi connectivity index (χ2v) is 11.3. The fourth-order valence-electron chi connectivity index (χ4n) is 4.04. The Labute approximate surface area is 234 Å². The van der Waals surface area contributed by atoms with Gasteiger partial charge in [-0.1, -0.05) is 69.4 Å². The number of carbonyl (C=O) groups is 2. The number of aliphatic hydroxyl groups is 1. The molecule has 0 aliphatic carbocycles. The molecule has 1 aromatic heterocycles. The molecule has 192 valence electrons. The number of ether oxygens (including phenoxy) is 1. The van der Waals surface area contributed by atoms with E-state index in [2.05, 4.69) is 26.1 Å². The fourth-order valence-corrected chi connectivity index (χ4v) is 6.31. The van der Waals surface area contributed by atoms with Crippen LogP contribution >= 0.6 is 39.0 Å². The van der Waals surface area contributed by atoms with Gasteiger partial charge in [0.05, 0.1) is 18.7 Å². The summed E-state index contributed by atoms with van der Waals surface area (Å²) in [6.45, 7) is 0. The topological polar surface area (TPSA) is 92.6 Å². The molecule has 1 saturated heterocycles. The zero-order valence-electron chi connectivity index (χ0n) is 19.8. The lowest BCUT2D eigenvalue weighted by Crippen LogP contribution is -2.29. The van der Waals surface area contributed by atoms with E-state index in [1.54, 1.807) is 60.7 Å². The van der Waals surface area contributed by atoms with Gasteiger partial charge in [0, 0.05) is 15.8 Å². The van der Waals surface area contributed by atoms with Crippen LogP contribution in [0, 0.1) is 5.82 Å². The van der Waals surface area contributed by atoms with Crippen LogP contribution in [-0.4, -0.2) is 34.1 Å². The summed E-state index contributed by atoms with van der Waals surface area (Å²) in [5, 5.41) is 19.8. The van der Waals surface area contributed by atoms with Gasteiger partial charge in [0.25, 0.3) is 5.78 Å². The van der Waals surface area contributed by atoms with Crippen molar-refractivity contribution in [2.24, 2.45) is 0 Å². The maximum atomic E-state index is 14.0. The first kappa shape index (κ1) is 26.1. The van der Waals surface area contributed by atoms with Crippen molar-refractivity contribution in [1.82, 2.24) is 10.2 Å². The smallest absolute Gasteiger partial charge is 0.301 e. The number of thioether (sulfide) groups is 1. The Hall–Kier alpha value is -3.54. The lowest BCUT2D eigenvalue weighted by molar-refractivity contribution is -0.132. The minimum atomic E-state index is -0.938. The molecule has 3 aromatic carbocycles. The zero-order chi connectivity index (χ0) is 26.8.